The Morgan fingerprint density at radius 1 is 1.09 bits per heavy atom. The molecule has 3 aromatic heterocycles. The molecule has 5 aromatic rings. The van der Waals surface area contributed by atoms with Crippen molar-refractivity contribution in [1.29, 1.82) is 0 Å². The van der Waals surface area contributed by atoms with Crippen LogP contribution < -0.4 is 20.4 Å². The smallest absolute Gasteiger partial charge is 0.295 e. The number of para-hydroxylation sites is 1. The summed E-state index contributed by atoms with van der Waals surface area (Å²) in [5.41, 5.74) is 3.64. The van der Waals surface area contributed by atoms with E-state index in [4.69, 9.17) is 9.84 Å². The third kappa shape index (κ3) is 4.29. The van der Waals surface area contributed by atoms with Gasteiger partial charge in [-0.05, 0) is 55.8 Å². The van der Waals surface area contributed by atoms with Gasteiger partial charge in [0.25, 0.3) is 11.1 Å². The summed E-state index contributed by atoms with van der Waals surface area (Å²) in [6, 6.07) is 15.5. The summed E-state index contributed by atoms with van der Waals surface area (Å²) < 4.78 is 9.03. The number of nitrogens with zero attached hydrogens (tertiary/aromatic N) is 5. The van der Waals surface area contributed by atoms with Gasteiger partial charge in [-0.2, -0.15) is 19.7 Å². The first-order valence-electron chi connectivity index (χ1n) is 10.9. The lowest BCUT2D eigenvalue weighted by atomic mass is 10.0. The Morgan fingerprint density at radius 3 is 2.63 bits per heavy atom. The molecule has 0 aliphatic heterocycles. The molecule has 35 heavy (non-hydrogen) atoms. The molecule has 0 aliphatic rings. The second kappa shape index (κ2) is 9.11. The lowest BCUT2D eigenvalue weighted by Crippen LogP contribution is -2.27. The maximum absolute atomic E-state index is 13.0. The van der Waals surface area contributed by atoms with Gasteiger partial charge in [-0.1, -0.05) is 42.2 Å². The predicted octanol–water partition coefficient (Wildman–Crippen LogP) is 3.09. The highest BCUT2D eigenvalue weighted by molar-refractivity contribution is 7.15. The third-order valence-corrected chi connectivity index (χ3v) is 6.37. The molecule has 0 bridgehead atoms. The number of aromatic nitrogens is 5. The predicted molar refractivity (Wildman–Crippen MR) is 136 cm³/mol. The van der Waals surface area contributed by atoms with Gasteiger partial charge in [0, 0.05) is 17.3 Å². The zero-order valence-corrected chi connectivity index (χ0v) is 20.0. The average Bonchev–Trinajstić information content (AvgIpc) is 3.40. The summed E-state index contributed by atoms with van der Waals surface area (Å²) >= 11 is 1.12. The van der Waals surface area contributed by atoms with Crippen molar-refractivity contribution >= 4 is 22.4 Å². The van der Waals surface area contributed by atoms with Gasteiger partial charge in [0.2, 0.25) is 4.96 Å². The van der Waals surface area contributed by atoms with Gasteiger partial charge in [0.05, 0.1) is 10.2 Å². The number of hydrogen-bond donors (Lipinski definition) is 0. The van der Waals surface area contributed by atoms with Gasteiger partial charge in [-0.15, -0.1) is 0 Å². The first kappa shape index (κ1) is 22.4. The number of thiazole rings is 1. The number of benzene rings is 2. The van der Waals surface area contributed by atoms with E-state index in [1.807, 2.05) is 61.7 Å². The Bertz CT molecular complexity index is 1730. The molecule has 0 fully saturated rings. The molecule has 0 spiro atoms. The molecule has 0 atom stereocenters. The maximum Gasteiger partial charge on any atom is 0.295 e. The van der Waals surface area contributed by atoms with Crippen LogP contribution >= 0.6 is 11.3 Å². The lowest BCUT2D eigenvalue weighted by molar-refractivity contribution is 0.363. The summed E-state index contributed by atoms with van der Waals surface area (Å²) in [5.74, 6) is 0.739. The minimum Gasteiger partial charge on any atom is -0.490 e. The van der Waals surface area contributed by atoms with Crippen LogP contribution in [0, 0.1) is 13.8 Å². The van der Waals surface area contributed by atoms with E-state index >= 15 is 0 Å². The van der Waals surface area contributed by atoms with E-state index in [-0.39, 0.29) is 16.2 Å². The quantitative estimate of drug-likeness (QED) is 0.345. The van der Waals surface area contributed by atoms with Crippen LogP contribution in [0.25, 0.3) is 28.0 Å². The summed E-state index contributed by atoms with van der Waals surface area (Å²) in [7, 11) is 0. The monoisotopic (exact) mass is 483 g/mol. The Morgan fingerprint density at radius 2 is 1.89 bits per heavy atom. The second-order valence-electron chi connectivity index (χ2n) is 7.90. The number of rotatable bonds is 6. The van der Waals surface area contributed by atoms with Crippen molar-refractivity contribution < 1.29 is 4.74 Å². The fraction of sp³-hybridized carbons (Fsp3) is 0.115. The van der Waals surface area contributed by atoms with Crippen LogP contribution in [0.2, 0.25) is 0 Å². The molecule has 0 N–H and O–H groups in total. The average molecular weight is 484 g/mol. The molecular weight excluding hydrogens is 462 g/mol. The molecule has 0 radical (unpaired) electrons. The molecule has 0 saturated heterocycles. The van der Waals surface area contributed by atoms with Gasteiger partial charge in [-0.3, -0.25) is 9.59 Å². The van der Waals surface area contributed by atoms with Gasteiger partial charge in [0.1, 0.15) is 23.7 Å². The normalized spacial score (nSPS) is 11.8. The topological polar surface area (TPSA) is 91.4 Å². The molecule has 0 saturated carbocycles. The van der Waals surface area contributed by atoms with Crippen LogP contribution in [0.1, 0.15) is 16.8 Å². The van der Waals surface area contributed by atoms with Gasteiger partial charge >= 0.3 is 0 Å². The van der Waals surface area contributed by atoms with Crippen molar-refractivity contribution in [2.75, 3.05) is 6.61 Å². The Kier molecular flexibility index (Phi) is 5.84. The Labute approximate surface area is 204 Å². The van der Waals surface area contributed by atoms with Crippen molar-refractivity contribution in [2.24, 2.45) is 0 Å². The van der Waals surface area contributed by atoms with E-state index in [0.29, 0.717) is 16.8 Å². The summed E-state index contributed by atoms with van der Waals surface area (Å²) in [6.07, 6.45) is 5.35. The molecule has 0 amide bonds. The molecule has 8 nitrogen and oxygen atoms in total. The van der Waals surface area contributed by atoms with E-state index < -0.39 is 5.56 Å². The maximum atomic E-state index is 13.0. The zero-order valence-electron chi connectivity index (χ0n) is 19.1. The van der Waals surface area contributed by atoms with Crippen LogP contribution in [0.15, 0.2) is 77.0 Å². The van der Waals surface area contributed by atoms with Crippen molar-refractivity contribution in [3.63, 3.8) is 0 Å². The van der Waals surface area contributed by atoms with Crippen LogP contribution in [0.3, 0.4) is 0 Å². The van der Waals surface area contributed by atoms with E-state index in [1.54, 1.807) is 16.8 Å². The molecule has 2 aromatic carbocycles. The Hall–Kier alpha value is -4.37. The molecule has 3 heterocycles. The van der Waals surface area contributed by atoms with Crippen LogP contribution in [-0.2, 0) is 0 Å². The summed E-state index contributed by atoms with van der Waals surface area (Å²) in [4.78, 5) is 29.2. The van der Waals surface area contributed by atoms with Gasteiger partial charge < -0.3 is 4.74 Å². The number of ether oxygens (including phenoxy) is 1. The van der Waals surface area contributed by atoms with Crippen molar-refractivity contribution in [2.45, 2.75) is 13.8 Å². The fourth-order valence-corrected chi connectivity index (χ4v) is 4.58. The minimum atomic E-state index is -0.440. The lowest BCUT2D eigenvalue weighted by Gasteiger charge is -2.08. The van der Waals surface area contributed by atoms with Crippen molar-refractivity contribution in [3.05, 3.63) is 109 Å². The van der Waals surface area contributed by atoms with Gasteiger partial charge in [-0.25, -0.2) is 4.68 Å². The van der Waals surface area contributed by atoms with Crippen LogP contribution in [0.5, 0.6) is 5.75 Å². The van der Waals surface area contributed by atoms with Crippen molar-refractivity contribution in [3.8, 4) is 22.7 Å². The largest absolute Gasteiger partial charge is 0.490 e. The minimum absolute atomic E-state index is 0.177. The van der Waals surface area contributed by atoms with E-state index in [1.165, 1.54) is 11.4 Å². The first-order valence-corrected chi connectivity index (χ1v) is 11.7. The Balaban J connectivity index is 1.71. The van der Waals surface area contributed by atoms with Gasteiger partial charge in [0.15, 0.2) is 0 Å². The standard InChI is InChI=1S/C26H21N5O3S/c1-4-12-34-20-10-11-21(16(2)13-20)23-18(15-30(29-23)19-8-6-5-7-9-19)14-22-25(33)31-26(35-22)27-24(32)17(3)28-31/h4-11,13-15H,1,12H2,2-3H3/b22-14-. The molecule has 5 rings (SSSR count). The highest BCUT2D eigenvalue weighted by atomic mass is 32.1. The summed E-state index contributed by atoms with van der Waals surface area (Å²) in [5, 5.41) is 8.95. The summed E-state index contributed by atoms with van der Waals surface area (Å²) in [6.45, 7) is 7.63. The molecule has 9 heteroatoms. The SMILES string of the molecule is C=CCOc1ccc(-c2nn(-c3ccccc3)cc2/C=c2\sc3nc(=O)c(C)nn3c2=O)c(C)c1. The van der Waals surface area contributed by atoms with Crippen LogP contribution in [-0.4, -0.2) is 31.0 Å². The molecule has 174 valence electrons. The van der Waals surface area contributed by atoms with E-state index in [2.05, 4.69) is 16.7 Å². The molecular formula is C26H21N5O3S. The first-order chi connectivity index (χ1) is 16.9. The van der Waals surface area contributed by atoms with Crippen molar-refractivity contribution in [1.82, 2.24) is 24.4 Å². The third-order valence-electron chi connectivity index (χ3n) is 5.41. The number of aryl methyl sites for hydroxylation is 2. The molecule has 0 unspecified atom stereocenters. The number of hydrogen-bond acceptors (Lipinski definition) is 7. The second-order valence-corrected chi connectivity index (χ2v) is 8.91. The zero-order chi connectivity index (χ0) is 24.5. The fourth-order valence-electron chi connectivity index (χ4n) is 3.69. The van der Waals surface area contributed by atoms with Crippen LogP contribution in [0.4, 0.5) is 0 Å². The number of fused-ring (bicyclic) bond motifs is 1. The highest BCUT2D eigenvalue weighted by Gasteiger charge is 2.15. The highest BCUT2D eigenvalue weighted by Crippen LogP contribution is 2.30. The molecule has 0 aliphatic carbocycles. The van der Waals surface area contributed by atoms with E-state index in [9.17, 15) is 9.59 Å². The van der Waals surface area contributed by atoms with E-state index in [0.717, 1.165) is 39.5 Å².